The molecule has 0 bridgehead atoms. The van der Waals surface area contributed by atoms with Crippen molar-refractivity contribution in [3.05, 3.63) is 33.8 Å². The molecule has 1 aromatic rings. The molecule has 1 saturated carbocycles. The number of nitrogens with one attached hydrogen (secondary N) is 1. The van der Waals surface area contributed by atoms with Gasteiger partial charge in [-0.1, -0.05) is 29.3 Å². The summed E-state index contributed by atoms with van der Waals surface area (Å²) < 4.78 is 0. The average molecular weight is 258 g/mol. The van der Waals surface area contributed by atoms with Crippen LogP contribution in [0.15, 0.2) is 18.2 Å². The summed E-state index contributed by atoms with van der Waals surface area (Å²) in [6.45, 7) is 1.54. The Morgan fingerprint density at radius 2 is 2.12 bits per heavy atom. The van der Waals surface area contributed by atoms with Crippen molar-refractivity contribution in [2.45, 2.75) is 31.7 Å². The van der Waals surface area contributed by atoms with E-state index in [1.165, 1.54) is 0 Å². The maximum absolute atomic E-state index is 11.0. The van der Waals surface area contributed by atoms with Gasteiger partial charge >= 0.3 is 0 Å². The van der Waals surface area contributed by atoms with Crippen LogP contribution in [0.4, 0.5) is 0 Å². The molecule has 0 aliphatic heterocycles. The second kappa shape index (κ2) is 4.64. The minimum absolute atomic E-state index is 0.0137. The summed E-state index contributed by atoms with van der Waals surface area (Å²) in [7, 11) is 0. The van der Waals surface area contributed by atoms with E-state index in [1.807, 2.05) is 12.1 Å². The van der Waals surface area contributed by atoms with Crippen LogP contribution in [0, 0.1) is 0 Å². The van der Waals surface area contributed by atoms with Gasteiger partial charge < -0.3 is 5.32 Å². The molecule has 1 N–H and O–H groups in total. The lowest BCUT2D eigenvalue weighted by molar-refractivity contribution is -0.120. The van der Waals surface area contributed by atoms with Crippen molar-refractivity contribution in [3.8, 4) is 0 Å². The van der Waals surface area contributed by atoms with E-state index in [4.69, 9.17) is 23.2 Å². The monoisotopic (exact) mass is 257 g/mol. The zero-order chi connectivity index (χ0) is 11.7. The number of rotatable bonds is 2. The largest absolute Gasteiger partial charge is 0.353 e. The first-order chi connectivity index (χ1) is 7.58. The predicted octanol–water partition coefficient (Wildman–Crippen LogP) is 3.38. The summed E-state index contributed by atoms with van der Waals surface area (Å²) in [5.74, 6) is 0.341. The molecule has 4 heteroatoms. The lowest BCUT2D eigenvalue weighted by atomic mass is 9.75. The number of carbonyl (C=O) groups is 1. The maximum Gasteiger partial charge on any atom is 0.217 e. The van der Waals surface area contributed by atoms with E-state index >= 15 is 0 Å². The van der Waals surface area contributed by atoms with Gasteiger partial charge in [0.2, 0.25) is 5.91 Å². The lowest BCUT2D eigenvalue weighted by Crippen LogP contribution is -2.44. The summed E-state index contributed by atoms with van der Waals surface area (Å²) in [4.78, 5) is 11.0. The smallest absolute Gasteiger partial charge is 0.217 e. The van der Waals surface area contributed by atoms with Crippen LogP contribution in [-0.2, 0) is 4.79 Å². The first-order valence-corrected chi connectivity index (χ1v) is 6.05. The third kappa shape index (κ3) is 2.33. The third-order valence-corrected chi connectivity index (χ3v) is 3.59. The molecule has 2 atom stereocenters. The molecule has 86 valence electrons. The maximum atomic E-state index is 11.0. The third-order valence-electron chi connectivity index (χ3n) is 3.03. The van der Waals surface area contributed by atoms with Gasteiger partial charge in [0.1, 0.15) is 0 Å². The van der Waals surface area contributed by atoms with Gasteiger partial charge in [0.05, 0.1) is 0 Å². The molecular weight excluding hydrogens is 245 g/mol. The average Bonchev–Trinajstić information content (AvgIpc) is 2.17. The number of carbonyl (C=O) groups excluding carboxylic acids is 1. The molecule has 2 rings (SSSR count). The van der Waals surface area contributed by atoms with Gasteiger partial charge in [-0.2, -0.15) is 0 Å². The van der Waals surface area contributed by atoms with Crippen LogP contribution in [0.5, 0.6) is 0 Å². The molecule has 1 amide bonds. The fourth-order valence-corrected chi connectivity index (χ4v) is 2.66. The number of benzene rings is 1. The Bertz CT molecular complexity index is 419. The molecule has 16 heavy (non-hydrogen) atoms. The van der Waals surface area contributed by atoms with E-state index in [9.17, 15) is 4.79 Å². The van der Waals surface area contributed by atoms with E-state index in [-0.39, 0.29) is 11.9 Å². The normalized spacial score (nSPS) is 23.7. The van der Waals surface area contributed by atoms with Gasteiger partial charge in [0.25, 0.3) is 0 Å². The molecule has 0 spiro atoms. The molecule has 1 aromatic carbocycles. The number of hydrogen-bond donors (Lipinski definition) is 1. The fraction of sp³-hybridized carbons (Fsp3) is 0.417. The van der Waals surface area contributed by atoms with Crippen molar-refractivity contribution >= 4 is 29.1 Å². The number of amides is 1. The Morgan fingerprint density at radius 1 is 1.38 bits per heavy atom. The highest BCUT2D eigenvalue weighted by atomic mass is 35.5. The highest BCUT2D eigenvalue weighted by Crippen LogP contribution is 2.40. The van der Waals surface area contributed by atoms with E-state index < -0.39 is 0 Å². The molecule has 2 unspecified atom stereocenters. The molecule has 0 saturated heterocycles. The Morgan fingerprint density at radius 3 is 2.62 bits per heavy atom. The standard InChI is InChI=1S/C12H13Cl2NO/c1-7(16)15-12-5-4-10(12)9-3-2-8(13)6-11(9)14/h2-3,6,10,12H,4-5H2,1H3,(H,15,16). The van der Waals surface area contributed by atoms with Crippen LogP contribution in [0.1, 0.15) is 31.2 Å². The van der Waals surface area contributed by atoms with Gasteiger partial charge in [-0.25, -0.2) is 0 Å². The SMILES string of the molecule is CC(=O)NC1CCC1c1ccc(Cl)cc1Cl. The van der Waals surface area contributed by atoms with Gasteiger partial charge in [0, 0.05) is 28.9 Å². The van der Waals surface area contributed by atoms with Crippen LogP contribution >= 0.6 is 23.2 Å². The summed E-state index contributed by atoms with van der Waals surface area (Å²) >= 11 is 12.0. The van der Waals surface area contributed by atoms with Crippen molar-refractivity contribution in [1.29, 1.82) is 0 Å². The molecule has 1 aliphatic carbocycles. The molecule has 0 aromatic heterocycles. The zero-order valence-electron chi connectivity index (χ0n) is 8.97. The van der Waals surface area contributed by atoms with Gasteiger partial charge in [0.15, 0.2) is 0 Å². The van der Waals surface area contributed by atoms with Crippen LogP contribution in [0.3, 0.4) is 0 Å². The predicted molar refractivity (Wildman–Crippen MR) is 66.0 cm³/mol. The Balaban J connectivity index is 2.15. The molecule has 1 fully saturated rings. The minimum Gasteiger partial charge on any atom is -0.353 e. The second-order valence-electron chi connectivity index (χ2n) is 4.16. The molecule has 0 heterocycles. The van der Waals surface area contributed by atoms with E-state index in [2.05, 4.69) is 5.32 Å². The van der Waals surface area contributed by atoms with Crippen molar-refractivity contribution in [3.63, 3.8) is 0 Å². The van der Waals surface area contributed by atoms with Gasteiger partial charge in [-0.15, -0.1) is 0 Å². The summed E-state index contributed by atoms with van der Waals surface area (Å²) in [6, 6.07) is 5.76. The van der Waals surface area contributed by atoms with E-state index in [0.717, 1.165) is 18.4 Å². The first kappa shape index (κ1) is 11.7. The lowest BCUT2D eigenvalue weighted by Gasteiger charge is -2.37. The molecule has 2 nitrogen and oxygen atoms in total. The van der Waals surface area contributed by atoms with Crippen LogP contribution in [0.2, 0.25) is 10.0 Å². The summed E-state index contributed by atoms with van der Waals surface area (Å²) in [5.41, 5.74) is 1.08. The zero-order valence-corrected chi connectivity index (χ0v) is 10.5. The highest BCUT2D eigenvalue weighted by Gasteiger charge is 2.33. The fourth-order valence-electron chi connectivity index (χ4n) is 2.11. The minimum atomic E-state index is 0.0137. The Hall–Kier alpha value is -0.730. The van der Waals surface area contributed by atoms with Crippen LogP contribution in [-0.4, -0.2) is 11.9 Å². The Labute approximate surface area is 105 Å². The quantitative estimate of drug-likeness (QED) is 0.865. The van der Waals surface area contributed by atoms with Gasteiger partial charge in [-0.3, -0.25) is 4.79 Å². The highest BCUT2D eigenvalue weighted by molar-refractivity contribution is 6.35. The topological polar surface area (TPSA) is 29.1 Å². The summed E-state index contributed by atoms with van der Waals surface area (Å²) in [6.07, 6.45) is 2.08. The van der Waals surface area contributed by atoms with Crippen molar-refractivity contribution in [1.82, 2.24) is 5.32 Å². The van der Waals surface area contributed by atoms with Gasteiger partial charge in [-0.05, 0) is 30.5 Å². The molecule has 0 radical (unpaired) electrons. The van der Waals surface area contributed by atoms with Crippen molar-refractivity contribution in [2.24, 2.45) is 0 Å². The molecule has 1 aliphatic rings. The number of hydrogen-bond acceptors (Lipinski definition) is 1. The van der Waals surface area contributed by atoms with Crippen LogP contribution < -0.4 is 5.32 Å². The Kier molecular flexibility index (Phi) is 3.41. The van der Waals surface area contributed by atoms with Crippen molar-refractivity contribution < 1.29 is 4.79 Å². The summed E-state index contributed by atoms with van der Waals surface area (Å²) in [5, 5.41) is 4.27. The number of halogens is 2. The molecular formula is C12H13Cl2NO. The van der Waals surface area contributed by atoms with Crippen LogP contribution in [0.25, 0.3) is 0 Å². The first-order valence-electron chi connectivity index (χ1n) is 5.30. The second-order valence-corrected chi connectivity index (χ2v) is 5.00. The van der Waals surface area contributed by atoms with E-state index in [0.29, 0.717) is 16.0 Å². The van der Waals surface area contributed by atoms with E-state index in [1.54, 1.807) is 13.0 Å². The van der Waals surface area contributed by atoms with Crippen molar-refractivity contribution in [2.75, 3.05) is 0 Å².